The van der Waals surface area contributed by atoms with Gasteiger partial charge in [0, 0.05) is 38.6 Å². The molecule has 11 rings (SSSR count). The minimum absolute atomic E-state index is 0.134. The first-order chi connectivity index (χ1) is 28.0. The predicted molar refractivity (Wildman–Crippen MR) is 223 cm³/mol. The monoisotopic (exact) mass is 680 g/mol. The third kappa shape index (κ3) is 4.68. The molecule has 3 heteroatoms. The summed E-state index contributed by atoms with van der Waals surface area (Å²) in [5.41, 5.74) is 6.86. The van der Waals surface area contributed by atoms with Crippen LogP contribution < -0.4 is 4.90 Å². The lowest BCUT2D eigenvalue weighted by atomic mass is 10.0. The third-order valence-corrected chi connectivity index (χ3v) is 10.4. The molecule has 0 aliphatic carbocycles. The third-order valence-electron chi connectivity index (χ3n) is 10.4. The quantitative estimate of drug-likeness (QED) is 0.180. The van der Waals surface area contributed by atoms with Gasteiger partial charge in [-0.15, -0.1) is 0 Å². The van der Waals surface area contributed by atoms with Gasteiger partial charge in [0.1, 0.15) is 11.2 Å². The average Bonchev–Trinajstić information content (AvgIpc) is 3.81. The maximum Gasteiger partial charge on any atom is 0.143 e. The van der Waals surface area contributed by atoms with Gasteiger partial charge < -0.3 is 13.9 Å². The highest BCUT2D eigenvalue weighted by Crippen LogP contribution is 2.45. The standard InChI is InChI=1S/C50H32N2O/c1-2-12-36-32-37(21-20-33(36)10-1)34-22-25-38(26-23-34)51(47-18-9-19-48-49(47)44-31-24-35-11-3-4-13-41(35)50(44)53-48)39-27-29-40(30-28-39)52-45-16-7-5-14-42(45)43-15-6-8-17-46(43)52/h1-32H/i27D,28D,29D,30D. The number of hydrogen-bond acceptors (Lipinski definition) is 2. The molecule has 2 aromatic heterocycles. The van der Waals surface area contributed by atoms with E-state index in [1.54, 1.807) is 0 Å². The van der Waals surface area contributed by atoms with E-state index >= 15 is 0 Å². The lowest BCUT2D eigenvalue weighted by Crippen LogP contribution is -2.10. The summed E-state index contributed by atoms with van der Waals surface area (Å²) in [5.74, 6) is 0. The van der Waals surface area contributed by atoms with Gasteiger partial charge in [-0.25, -0.2) is 0 Å². The lowest BCUT2D eigenvalue weighted by molar-refractivity contribution is 0.672. The summed E-state index contributed by atoms with van der Waals surface area (Å²) >= 11 is 0. The van der Waals surface area contributed by atoms with Crippen molar-refractivity contribution in [2.24, 2.45) is 0 Å². The van der Waals surface area contributed by atoms with E-state index in [-0.39, 0.29) is 35.5 Å². The summed E-state index contributed by atoms with van der Waals surface area (Å²) in [4.78, 5) is 1.87. The van der Waals surface area contributed by atoms with Gasteiger partial charge in [0.2, 0.25) is 0 Å². The zero-order valence-electron chi connectivity index (χ0n) is 32.5. The molecule has 0 aliphatic heterocycles. The fourth-order valence-electron chi connectivity index (χ4n) is 7.97. The highest BCUT2D eigenvalue weighted by atomic mass is 16.3. The lowest BCUT2D eigenvalue weighted by Gasteiger charge is -2.27. The molecule has 0 bridgehead atoms. The number of fused-ring (bicyclic) bond motifs is 9. The number of anilines is 3. The SMILES string of the molecule is [2H]c1c([2H])c(-n2c3ccccc3c3ccccc32)c([2H])c([2H])c1N(c1ccc(-c2ccc3ccccc3c2)cc1)c1cccc2oc3c4ccccc4ccc3c12. The van der Waals surface area contributed by atoms with E-state index in [0.29, 0.717) is 17.0 Å². The van der Waals surface area contributed by atoms with E-state index < -0.39 is 0 Å². The first-order valence-corrected chi connectivity index (χ1v) is 17.8. The summed E-state index contributed by atoms with van der Waals surface area (Å²) < 4.78 is 47.2. The minimum Gasteiger partial charge on any atom is -0.455 e. The average molecular weight is 681 g/mol. The van der Waals surface area contributed by atoms with E-state index in [1.807, 2.05) is 113 Å². The van der Waals surface area contributed by atoms with Gasteiger partial charge in [-0.2, -0.15) is 0 Å². The Labute approximate surface area is 311 Å². The Hall–Kier alpha value is -7.10. The molecule has 53 heavy (non-hydrogen) atoms. The van der Waals surface area contributed by atoms with Crippen molar-refractivity contribution in [3.05, 3.63) is 194 Å². The van der Waals surface area contributed by atoms with Crippen LogP contribution >= 0.6 is 0 Å². The van der Waals surface area contributed by atoms with Crippen molar-refractivity contribution in [2.75, 3.05) is 4.90 Å². The van der Waals surface area contributed by atoms with Crippen LogP contribution in [-0.4, -0.2) is 4.57 Å². The molecule has 2 heterocycles. The van der Waals surface area contributed by atoms with Crippen molar-refractivity contribution in [2.45, 2.75) is 0 Å². The van der Waals surface area contributed by atoms with Crippen molar-refractivity contribution < 1.29 is 9.90 Å². The molecule has 0 saturated heterocycles. The van der Waals surface area contributed by atoms with Gasteiger partial charge in [-0.05, 0) is 100.0 Å². The molecule has 0 N–H and O–H groups in total. The second-order valence-corrected chi connectivity index (χ2v) is 13.4. The molecule has 0 amide bonds. The van der Waals surface area contributed by atoms with Gasteiger partial charge in [-0.1, -0.05) is 121 Å². The molecule has 9 aromatic carbocycles. The molecular formula is C50H32N2O. The Balaban J connectivity index is 1.17. The number of aromatic nitrogens is 1. The largest absolute Gasteiger partial charge is 0.455 e. The van der Waals surface area contributed by atoms with Crippen molar-refractivity contribution in [1.29, 1.82) is 0 Å². The van der Waals surface area contributed by atoms with Gasteiger partial charge >= 0.3 is 0 Å². The Bertz CT molecular complexity index is 3340. The number of furan rings is 1. The molecule has 0 saturated carbocycles. The van der Waals surface area contributed by atoms with Crippen LogP contribution in [0.2, 0.25) is 0 Å². The minimum atomic E-state index is -0.151. The molecule has 248 valence electrons. The number of hydrogen-bond donors (Lipinski definition) is 0. The smallest absolute Gasteiger partial charge is 0.143 e. The number of para-hydroxylation sites is 2. The summed E-state index contributed by atoms with van der Waals surface area (Å²) in [6.07, 6.45) is 0. The van der Waals surface area contributed by atoms with E-state index in [1.165, 1.54) is 5.39 Å². The second-order valence-electron chi connectivity index (χ2n) is 13.4. The zero-order valence-corrected chi connectivity index (χ0v) is 28.5. The maximum atomic E-state index is 9.75. The molecule has 11 aromatic rings. The van der Waals surface area contributed by atoms with Crippen LogP contribution in [-0.2, 0) is 0 Å². The summed E-state index contributed by atoms with van der Waals surface area (Å²) in [6.45, 7) is 0. The highest BCUT2D eigenvalue weighted by Gasteiger charge is 2.21. The molecule has 0 aliphatic rings. The number of rotatable bonds is 5. The summed E-state index contributed by atoms with van der Waals surface area (Å²) in [5, 5.41) is 8.05. The first-order valence-electron chi connectivity index (χ1n) is 19.8. The van der Waals surface area contributed by atoms with Crippen LogP contribution in [0.4, 0.5) is 17.1 Å². The Morgan fingerprint density at radius 3 is 1.83 bits per heavy atom. The number of benzene rings is 9. The topological polar surface area (TPSA) is 21.3 Å². The Morgan fingerprint density at radius 2 is 1.08 bits per heavy atom. The van der Waals surface area contributed by atoms with Crippen LogP contribution in [0, 0.1) is 0 Å². The molecule has 0 unspecified atom stereocenters. The van der Waals surface area contributed by atoms with Gasteiger partial charge in [-0.3, -0.25) is 0 Å². The van der Waals surface area contributed by atoms with E-state index in [9.17, 15) is 5.48 Å². The Kier molecular flexibility index (Phi) is 5.71. The van der Waals surface area contributed by atoms with E-state index in [4.69, 9.17) is 4.42 Å². The second kappa shape index (κ2) is 11.7. The van der Waals surface area contributed by atoms with Gasteiger partial charge in [0.15, 0.2) is 0 Å². The van der Waals surface area contributed by atoms with Crippen LogP contribution in [0.3, 0.4) is 0 Å². The normalized spacial score (nSPS) is 12.8. The Morgan fingerprint density at radius 1 is 0.453 bits per heavy atom. The highest BCUT2D eigenvalue weighted by molar-refractivity contribution is 6.19. The molecular weight excluding hydrogens is 645 g/mol. The summed E-state index contributed by atoms with van der Waals surface area (Å²) in [6, 6.07) is 56.2. The predicted octanol–water partition coefficient (Wildman–Crippen LogP) is 14.1. The maximum absolute atomic E-state index is 9.75. The van der Waals surface area contributed by atoms with Crippen LogP contribution in [0.5, 0.6) is 0 Å². The van der Waals surface area contributed by atoms with Crippen molar-refractivity contribution in [1.82, 2.24) is 4.57 Å². The van der Waals surface area contributed by atoms with Crippen molar-refractivity contribution in [3.8, 4) is 16.8 Å². The molecule has 0 atom stereocenters. The fraction of sp³-hybridized carbons (Fsp3) is 0. The van der Waals surface area contributed by atoms with Gasteiger partial charge in [0.05, 0.1) is 27.6 Å². The fourth-order valence-corrected chi connectivity index (χ4v) is 7.97. The van der Waals surface area contributed by atoms with E-state index in [0.717, 1.165) is 65.4 Å². The van der Waals surface area contributed by atoms with Crippen molar-refractivity contribution in [3.63, 3.8) is 0 Å². The van der Waals surface area contributed by atoms with Crippen LogP contribution in [0.15, 0.2) is 198 Å². The number of nitrogens with zero attached hydrogens (tertiary/aromatic N) is 2. The zero-order chi connectivity index (χ0) is 38.4. The van der Waals surface area contributed by atoms with Crippen molar-refractivity contribution >= 4 is 82.4 Å². The van der Waals surface area contributed by atoms with Crippen LogP contribution in [0.25, 0.3) is 82.1 Å². The van der Waals surface area contributed by atoms with Gasteiger partial charge in [0.25, 0.3) is 0 Å². The molecule has 3 nitrogen and oxygen atoms in total. The molecule has 0 fully saturated rings. The molecule has 0 spiro atoms. The summed E-state index contributed by atoms with van der Waals surface area (Å²) in [7, 11) is 0. The molecule has 0 radical (unpaired) electrons. The van der Waals surface area contributed by atoms with Crippen LogP contribution in [0.1, 0.15) is 5.48 Å². The van der Waals surface area contributed by atoms with E-state index in [2.05, 4.69) is 66.7 Å². The first kappa shape index (κ1) is 25.8.